The van der Waals surface area contributed by atoms with Gasteiger partial charge in [0.25, 0.3) is 0 Å². The summed E-state index contributed by atoms with van der Waals surface area (Å²) in [6.45, 7) is 0. The van der Waals surface area contributed by atoms with Gasteiger partial charge in [0.05, 0.1) is 11.1 Å². The first kappa shape index (κ1) is 11.6. The van der Waals surface area contributed by atoms with Gasteiger partial charge in [-0.1, -0.05) is 34.1 Å². The first-order valence-electron chi connectivity index (χ1n) is 5.05. The van der Waals surface area contributed by atoms with Gasteiger partial charge in [0.1, 0.15) is 0 Å². The molecule has 0 N–H and O–H groups in total. The highest BCUT2D eigenvalue weighted by Crippen LogP contribution is 2.23. The second kappa shape index (κ2) is 5.46. The van der Waals surface area contributed by atoms with Crippen molar-refractivity contribution in [3.05, 3.63) is 64.4 Å². The van der Waals surface area contributed by atoms with E-state index in [-0.39, 0.29) is 5.38 Å². The molecule has 1 atom stereocenters. The number of benzene rings is 1. The van der Waals surface area contributed by atoms with Crippen molar-refractivity contribution in [2.24, 2.45) is 0 Å². The summed E-state index contributed by atoms with van der Waals surface area (Å²) in [6.07, 6.45) is 2.57. The molecule has 1 aromatic carbocycles. The fourth-order valence-corrected chi connectivity index (χ4v) is 2.06. The van der Waals surface area contributed by atoms with E-state index in [4.69, 9.17) is 11.6 Å². The van der Waals surface area contributed by atoms with Crippen LogP contribution in [0.1, 0.15) is 16.6 Å². The van der Waals surface area contributed by atoms with Crippen molar-refractivity contribution < 1.29 is 0 Å². The largest absolute Gasteiger partial charge is 0.260 e. The summed E-state index contributed by atoms with van der Waals surface area (Å²) in [7, 11) is 0. The molecule has 1 heterocycles. The standard InChI is InChI=1S/C13H11BrClN/c14-11-6-4-10(5-7-11)9-12(15)13-3-1-2-8-16-13/h1-8,12H,9H2. The molecular weight excluding hydrogens is 286 g/mol. The topological polar surface area (TPSA) is 12.9 Å². The Balaban J connectivity index is 2.08. The number of nitrogens with zero attached hydrogens (tertiary/aromatic N) is 1. The second-order valence-electron chi connectivity index (χ2n) is 3.55. The lowest BCUT2D eigenvalue weighted by molar-refractivity contribution is 0.877. The Hall–Kier alpha value is -0.860. The van der Waals surface area contributed by atoms with Crippen molar-refractivity contribution in [1.82, 2.24) is 4.98 Å². The van der Waals surface area contributed by atoms with Gasteiger partial charge in [-0.25, -0.2) is 0 Å². The van der Waals surface area contributed by atoms with Crippen molar-refractivity contribution in [1.29, 1.82) is 0 Å². The molecule has 0 aliphatic rings. The van der Waals surface area contributed by atoms with Crippen LogP contribution in [0.4, 0.5) is 0 Å². The fourth-order valence-electron chi connectivity index (χ4n) is 1.49. The molecule has 0 bridgehead atoms. The zero-order valence-corrected chi connectivity index (χ0v) is 10.9. The third-order valence-corrected chi connectivity index (χ3v) is 3.24. The van der Waals surface area contributed by atoms with Crippen LogP contribution in [0.15, 0.2) is 53.1 Å². The lowest BCUT2D eigenvalue weighted by Gasteiger charge is -2.08. The van der Waals surface area contributed by atoms with E-state index in [9.17, 15) is 0 Å². The molecule has 0 saturated heterocycles. The van der Waals surface area contributed by atoms with Crippen LogP contribution in [-0.4, -0.2) is 4.98 Å². The third kappa shape index (κ3) is 3.06. The van der Waals surface area contributed by atoms with Gasteiger partial charge in [-0.15, -0.1) is 11.6 Å². The van der Waals surface area contributed by atoms with Gasteiger partial charge in [0.15, 0.2) is 0 Å². The number of hydrogen-bond donors (Lipinski definition) is 0. The molecule has 0 aliphatic carbocycles. The van der Waals surface area contributed by atoms with Crippen LogP contribution in [0.2, 0.25) is 0 Å². The Labute approximate surface area is 109 Å². The Morgan fingerprint density at radius 2 is 1.88 bits per heavy atom. The van der Waals surface area contributed by atoms with Gasteiger partial charge in [-0.05, 0) is 36.2 Å². The molecule has 2 rings (SSSR count). The maximum atomic E-state index is 6.31. The molecule has 1 nitrogen and oxygen atoms in total. The Bertz CT molecular complexity index is 441. The van der Waals surface area contributed by atoms with Crippen molar-refractivity contribution in [3.63, 3.8) is 0 Å². The van der Waals surface area contributed by atoms with Gasteiger partial charge in [-0.2, -0.15) is 0 Å². The summed E-state index contributed by atoms with van der Waals surface area (Å²) in [5.41, 5.74) is 2.14. The molecule has 0 aliphatic heterocycles. The lowest BCUT2D eigenvalue weighted by atomic mass is 10.1. The molecule has 0 amide bonds. The monoisotopic (exact) mass is 295 g/mol. The Kier molecular flexibility index (Phi) is 3.97. The fraction of sp³-hybridized carbons (Fsp3) is 0.154. The summed E-state index contributed by atoms with van der Waals surface area (Å²) >= 11 is 9.72. The molecule has 16 heavy (non-hydrogen) atoms. The first-order chi connectivity index (χ1) is 7.75. The molecule has 0 saturated carbocycles. The van der Waals surface area contributed by atoms with Crippen LogP contribution in [-0.2, 0) is 6.42 Å². The first-order valence-corrected chi connectivity index (χ1v) is 6.28. The summed E-state index contributed by atoms with van der Waals surface area (Å²) in [4.78, 5) is 4.25. The van der Waals surface area contributed by atoms with Crippen LogP contribution in [0.3, 0.4) is 0 Å². The van der Waals surface area contributed by atoms with Crippen LogP contribution < -0.4 is 0 Å². The average Bonchev–Trinajstić information content (AvgIpc) is 2.33. The number of rotatable bonds is 3. The van der Waals surface area contributed by atoms with Gasteiger partial charge < -0.3 is 0 Å². The maximum absolute atomic E-state index is 6.31. The van der Waals surface area contributed by atoms with Crippen LogP contribution in [0.25, 0.3) is 0 Å². The predicted molar refractivity (Wildman–Crippen MR) is 70.7 cm³/mol. The molecule has 0 spiro atoms. The van der Waals surface area contributed by atoms with E-state index in [0.29, 0.717) is 0 Å². The van der Waals surface area contributed by atoms with E-state index in [1.54, 1.807) is 6.20 Å². The van der Waals surface area contributed by atoms with Gasteiger partial charge >= 0.3 is 0 Å². The van der Waals surface area contributed by atoms with Gasteiger partial charge in [0, 0.05) is 10.7 Å². The van der Waals surface area contributed by atoms with E-state index in [1.807, 2.05) is 30.3 Å². The molecule has 0 radical (unpaired) electrons. The number of aromatic nitrogens is 1. The highest BCUT2D eigenvalue weighted by atomic mass is 79.9. The van der Waals surface area contributed by atoms with Crippen LogP contribution in [0.5, 0.6) is 0 Å². The van der Waals surface area contributed by atoms with E-state index >= 15 is 0 Å². The Morgan fingerprint density at radius 3 is 2.50 bits per heavy atom. The molecule has 82 valence electrons. The van der Waals surface area contributed by atoms with Crippen LogP contribution >= 0.6 is 27.5 Å². The smallest absolute Gasteiger partial charge is 0.0797 e. The molecule has 0 fully saturated rings. The number of alkyl halides is 1. The molecular formula is C13H11BrClN. The third-order valence-electron chi connectivity index (χ3n) is 2.34. The number of halogens is 2. The van der Waals surface area contributed by atoms with Gasteiger partial charge in [0.2, 0.25) is 0 Å². The highest BCUT2D eigenvalue weighted by molar-refractivity contribution is 9.10. The van der Waals surface area contributed by atoms with E-state index in [2.05, 4.69) is 33.0 Å². The minimum Gasteiger partial charge on any atom is -0.260 e. The molecule has 1 aromatic heterocycles. The minimum atomic E-state index is -0.0672. The SMILES string of the molecule is ClC(Cc1ccc(Br)cc1)c1ccccn1. The van der Waals surface area contributed by atoms with E-state index < -0.39 is 0 Å². The zero-order chi connectivity index (χ0) is 11.4. The van der Waals surface area contributed by atoms with Crippen molar-refractivity contribution >= 4 is 27.5 Å². The maximum Gasteiger partial charge on any atom is 0.0797 e. The Morgan fingerprint density at radius 1 is 1.12 bits per heavy atom. The normalized spacial score (nSPS) is 12.4. The van der Waals surface area contributed by atoms with Crippen molar-refractivity contribution in [2.45, 2.75) is 11.8 Å². The summed E-state index contributed by atoms with van der Waals surface area (Å²) in [6, 6.07) is 14.0. The highest BCUT2D eigenvalue weighted by Gasteiger charge is 2.09. The summed E-state index contributed by atoms with van der Waals surface area (Å²) in [5, 5.41) is -0.0672. The van der Waals surface area contributed by atoms with E-state index in [0.717, 1.165) is 16.6 Å². The second-order valence-corrected chi connectivity index (χ2v) is 5.00. The van der Waals surface area contributed by atoms with Crippen molar-refractivity contribution in [2.75, 3.05) is 0 Å². The quantitative estimate of drug-likeness (QED) is 0.767. The number of pyridine rings is 1. The summed E-state index contributed by atoms with van der Waals surface area (Å²) < 4.78 is 1.08. The van der Waals surface area contributed by atoms with Gasteiger partial charge in [-0.3, -0.25) is 4.98 Å². The lowest BCUT2D eigenvalue weighted by Crippen LogP contribution is -1.97. The van der Waals surface area contributed by atoms with Crippen LogP contribution in [0, 0.1) is 0 Å². The molecule has 2 aromatic rings. The summed E-state index contributed by atoms with van der Waals surface area (Å²) in [5.74, 6) is 0. The predicted octanol–water partition coefficient (Wildman–Crippen LogP) is 4.37. The average molecular weight is 297 g/mol. The van der Waals surface area contributed by atoms with E-state index in [1.165, 1.54) is 5.56 Å². The zero-order valence-electron chi connectivity index (χ0n) is 8.61. The van der Waals surface area contributed by atoms with Crippen molar-refractivity contribution in [3.8, 4) is 0 Å². The molecule has 3 heteroatoms. The minimum absolute atomic E-state index is 0.0672. The molecule has 1 unspecified atom stereocenters. The number of hydrogen-bond acceptors (Lipinski definition) is 1.